The van der Waals surface area contributed by atoms with Gasteiger partial charge < -0.3 is 19.1 Å². The summed E-state index contributed by atoms with van der Waals surface area (Å²) in [6.45, 7) is -1.72. The van der Waals surface area contributed by atoms with Crippen LogP contribution < -0.4 is 9.47 Å². The molecule has 0 unspecified atom stereocenters. The van der Waals surface area contributed by atoms with Crippen LogP contribution in [0.2, 0.25) is 0 Å². The van der Waals surface area contributed by atoms with Gasteiger partial charge in [-0.15, -0.1) is 0 Å². The van der Waals surface area contributed by atoms with Crippen LogP contribution in [-0.4, -0.2) is 50.8 Å². The number of benzene rings is 1. The predicted octanol–water partition coefficient (Wildman–Crippen LogP) is 2.56. The molecule has 0 aliphatic carbocycles. The zero-order valence-electron chi connectivity index (χ0n) is 13.0. The lowest BCUT2D eigenvalue weighted by Gasteiger charge is -2.21. The average Bonchev–Trinajstić information content (AvgIpc) is 3.06. The number of alkyl halides is 2. The third-order valence-corrected chi connectivity index (χ3v) is 3.62. The summed E-state index contributed by atoms with van der Waals surface area (Å²) in [5, 5.41) is 0. The van der Waals surface area contributed by atoms with Crippen molar-refractivity contribution in [2.75, 3.05) is 27.4 Å². The van der Waals surface area contributed by atoms with Crippen molar-refractivity contribution >= 4 is 12.0 Å². The monoisotopic (exact) mass is 327 g/mol. The zero-order valence-corrected chi connectivity index (χ0v) is 13.0. The zero-order chi connectivity index (χ0) is 16.8. The smallest absolute Gasteiger partial charge is 0.387 e. The van der Waals surface area contributed by atoms with Crippen LogP contribution in [0.25, 0.3) is 6.08 Å². The third-order valence-electron chi connectivity index (χ3n) is 3.62. The molecule has 1 aromatic carbocycles. The number of ether oxygens (including phenoxy) is 3. The summed E-state index contributed by atoms with van der Waals surface area (Å²) in [4.78, 5) is 13.7. The van der Waals surface area contributed by atoms with Crippen molar-refractivity contribution in [1.29, 1.82) is 0 Å². The first kappa shape index (κ1) is 17.2. The van der Waals surface area contributed by atoms with E-state index in [-0.39, 0.29) is 23.4 Å². The fourth-order valence-electron chi connectivity index (χ4n) is 2.27. The minimum atomic E-state index is -2.92. The Hall–Kier alpha value is -2.15. The predicted molar refractivity (Wildman–Crippen MR) is 80.7 cm³/mol. The first-order valence-electron chi connectivity index (χ1n) is 7.16. The van der Waals surface area contributed by atoms with Crippen molar-refractivity contribution in [3.05, 3.63) is 29.8 Å². The van der Waals surface area contributed by atoms with Gasteiger partial charge in [0.05, 0.1) is 19.8 Å². The summed E-state index contributed by atoms with van der Waals surface area (Å²) in [7, 11) is 3.09. The van der Waals surface area contributed by atoms with Gasteiger partial charge in [0, 0.05) is 19.7 Å². The fourth-order valence-corrected chi connectivity index (χ4v) is 2.27. The van der Waals surface area contributed by atoms with Crippen molar-refractivity contribution in [2.45, 2.75) is 19.1 Å². The molecular formula is C16H19F2NO4. The molecule has 2 rings (SSSR count). The van der Waals surface area contributed by atoms with Crippen LogP contribution in [0.3, 0.4) is 0 Å². The molecule has 5 nitrogen and oxygen atoms in total. The molecular weight excluding hydrogens is 308 g/mol. The van der Waals surface area contributed by atoms with E-state index in [4.69, 9.17) is 9.47 Å². The molecule has 1 amide bonds. The number of rotatable bonds is 6. The second-order valence-electron chi connectivity index (χ2n) is 5.09. The van der Waals surface area contributed by atoms with Gasteiger partial charge in [-0.1, -0.05) is 6.07 Å². The quantitative estimate of drug-likeness (QED) is 0.754. The van der Waals surface area contributed by atoms with Gasteiger partial charge in [-0.05, 0) is 30.2 Å². The van der Waals surface area contributed by atoms with Crippen LogP contribution >= 0.6 is 0 Å². The molecule has 1 atom stereocenters. The SMILES string of the molecule is COc1cc(/C=C/C(=O)N(C)[C@H]2CCOC2)ccc1OC(F)F. The molecule has 1 saturated heterocycles. The standard InChI is InChI=1S/C16H19F2NO4/c1-19(12-7-8-22-10-12)15(20)6-4-11-3-5-13(23-16(17)18)14(9-11)21-2/h3-6,9,12,16H,7-8,10H2,1-2H3/b6-4+/t12-/m0/s1. The van der Waals surface area contributed by atoms with Crippen molar-refractivity contribution in [2.24, 2.45) is 0 Å². The van der Waals surface area contributed by atoms with Gasteiger partial charge >= 0.3 is 6.61 Å². The Balaban J connectivity index is 2.05. The Bertz CT molecular complexity index is 571. The second kappa shape index (κ2) is 7.92. The van der Waals surface area contributed by atoms with E-state index < -0.39 is 6.61 Å². The summed E-state index contributed by atoms with van der Waals surface area (Å²) in [5.41, 5.74) is 0.646. The molecule has 0 spiro atoms. The fraction of sp³-hybridized carbons (Fsp3) is 0.438. The summed E-state index contributed by atoms with van der Waals surface area (Å²) in [6.07, 6.45) is 3.85. The summed E-state index contributed by atoms with van der Waals surface area (Å²) < 4.78 is 39.2. The van der Waals surface area contributed by atoms with Gasteiger partial charge in [0.2, 0.25) is 5.91 Å². The van der Waals surface area contributed by atoms with Crippen LogP contribution in [0.1, 0.15) is 12.0 Å². The van der Waals surface area contributed by atoms with E-state index in [1.165, 1.54) is 25.3 Å². The highest BCUT2D eigenvalue weighted by Gasteiger charge is 2.22. The molecule has 0 saturated carbocycles. The topological polar surface area (TPSA) is 48.0 Å². The van der Waals surface area contributed by atoms with Gasteiger partial charge in [-0.25, -0.2) is 0 Å². The van der Waals surface area contributed by atoms with Crippen LogP contribution in [0.5, 0.6) is 11.5 Å². The lowest BCUT2D eigenvalue weighted by molar-refractivity contribution is -0.126. The van der Waals surface area contributed by atoms with Crippen LogP contribution in [0, 0.1) is 0 Å². The lowest BCUT2D eigenvalue weighted by Crippen LogP contribution is -2.36. The summed E-state index contributed by atoms with van der Waals surface area (Å²) in [5.74, 6) is -0.0176. The first-order valence-corrected chi connectivity index (χ1v) is 7.16. The van der Waals surface area contributed by atoms with E-state index in [1.807, 2.05) is 0 Å². The number of halogens is 2. The van der Waals surface area contributed by atoms with E-state index in [1.54, 1.807) is 24.1 Å². The molecule has 1 aliphatic heterocycles. The number of methoxy groups -OCH3 is 1. The second-order valence-corrected chi connectivity index (χ2v) is 5.09. The minimum absolute atomic E-state index is 0.0498. The van der Waals surface area contributed by atoms with Crippen LogP contribution in [0.4, 0.5) is 8.78 Å². The number of carbonyl (C=O) groups excluding carboxylic acids is 1. The van der Waals surface area contributed by atoms with Crippen molar-refractivity contribution < 1.29 is 27.8 Å². The molecule has 1 fully saturated rings. The Morgan fingerprint density at radius 2 is 2.22 bits per heavy atom. The Kier molecular flexibility index (Phi) is 5.92. The van der Waals surface area contributed by atoms with Crippen molar-refractivity contribution in [3.63, 3.8) is 0 Å². The number of likely N-dealkylation sites (N-methyl/N-ethyl adjacent to an activating group) is 1. The molecule has 0 N–H and O–H groups in total. The number of hydrogen-bond acceptors (Lipinski definition) is 4. The number of nitrogens with zero attached hydrogens (tertiary/aromatic N) is 1. The molecule has 1 aliphatic rings. The van der Waals surface area contributed by atoms with E-state index in [2.05, 4.69) is 4.74 Å². The van der Waals surface area contributed by atoms with Crippen molar-refractivity contribution in [3.8, 4) is 11.5 Å². The lowest BCUT2D eigenvalue weighted by atomic mass is 10.1. The number of hydrogen-bond donors (Lipinski definition) is 0. The number of carbonyl (C=O) groups is 1. The summed E-state index contributed by atoms with van der Waals surface area (Å²) >= 11 is 0. The van der Waals surface area contributed by atoms with E-state index in [9.17, 15) is 13.6 Å². The van der Waals surface area contributed by atoms with E-state index in [0.717, 1.165) is 6.42 Å². The minimum Gasteiger partial charge on any atom is -0.493 e. The largest absolute Gasteiger partial charge is 0.493 e. The Labute approximate surface area is 133 Å². The van der Waals surface area contributed by atoms with Gasteiger partial charge in [0.25, 0.3) is 0 Å². The molecule has 7 heteroatoms. The summed E-state index contributed by atoms with van der Waals surface area (Å²) in [6, 6.07) is 4.57. The maximum Gasteiger partial charge on any atom is 0.387 e. The molecule has 23 heavy (non-hydrogen) atoms. The number of amides is 1. The molecule has 0 bridgehead atoms. The average molecular weight is 327 g/mol. The molecule has 0 radical (unpaired) electrons. The Morgan fingerprint density at radius 1 is 1.43 bits per heavy atom. The van der Waals surface area contributed by atoms with E-state index >= 15 is 0 Å². The van der Waals surface area contributed by atoms with Crippen LogP contribution in [-0.2, 0) is 9.53 Å². The van der Waals surface area contributed by atoms with Gasteiger partial charge in [-0.2, -0.15) is 8.78 Å². The third kappa shape index (κ3) is 4.66. The van der Waals surface area contributed by atoms with E-state index in [0.29, 0.717) is 18.8 Å². The molecule has 1 aromatic rings. The van der Waals surface area contributed by atoms with Gasteiger partial charge in [0.15, 0.2) is 11.5 Å². The van der Waals surface area contributed by atoms with Crippen molar-refractivity contribution in [1.82, 2.24) is 4.90 Å². The van der Waals surface area contributed by atoms with Gasteiger partial charge in [-0.3, -0.25) is 4.79 Å². The highest BCUT2D eigenvalue weighted by atomic mass is 19.3. The molecule has 1 heterocycles. The normalized spacial score (nSPS) is 17.7. The maximum atomic E-state index is 12.3. The Morgan fingerprint density at radius 3 is 2.83 bits per heavy atom. The van der Waals surface area contributed by atoms with Gasteiger partial charge in [0.1, 0.15) is 0 Å². The molecule has 126 valence electrons. The molecule has 0 aromatic heterocycles. The highest BCUT2D eigenvalue weighted by Crippen LogP contribution is 2.29. The van der Waals surface area contributed by atoms with Crippen LogP contribution in [0.15, 0.2) is 24.3 Å². The first-order chi connectivity index (χ1) is 11.0. The maximum absolute atomic E-state index is 12.3. The highest BCUT2D eigenvalue weighted by molar-refractivity contribution is 5.91.